The molecule has 0 heterocycles. The lowest BCUT2D eigenvalue weighted by Gasteiger charge is -2.25. The Kier molecular flexibility index (Phi) is 4.72. The van der Waals surface area contributed by atoms with E-state index in [2.05, 4.69) is 51.2 Å². The predicted molar refractivity (Wildman–Crippen MR) is 73.2 cm³/mol. The van der Waals surface area contributed by atoms with Gasteiger partial charge in [0.15, 0.2) is 0 Å². The molecule has 1 aromatic carbocycles. The third kappa shape index (κ3) is 4.49. The molecule has 0 aliphatic heterocycles. The molecular weight excluding hydrogens is 210 g/mol. The monoisotopic (exact) mass is 235 g/mol. The third-order valence-corrected chi connectivity index (χ3v) is 2.87. The van der Waals surface area contributed by atoms with Crippen LogP contribution in [-0.4, -0.2) is 18.2 Å². The highest BCUT2D eigenvalue weighted by Crippen LogP contribution is 2.22. The molecule has 2 nitrogen and oxygen atoms in total. The molecule has 0 fully saturated rings. The van der Waals surface area contributed by atoms with Crippen LogP contribution < -0.4 is 5.32 Å². The molecule has 17 heavy (non-hydrogen) atoms. The van der Waals surface area contributed by atoms with E-state index in [1.807, 2.05) is 6.92 Å². The van der Waals surface area contributed by atoms with Crippen molar-refractivity contribution in [1.29, 1.82) is 0 Å². The van der Waals surface area contributed by atoms with E-state index in [1.54, 1.807) is 0 Å². The number of benzene rings is 1. The number of aliphatic hydroxyl groups is 1. The van der Waals surface area contributed by atoms with Gasteiger partial charge in [0.05, 0.1) is 5.60 Å². The maximum Gasteiger partial charge on any atom is 0.0992 e. The van der Waals surface area contributed by atoms with E-state index in [0.717, 1.165) is 12.1 Å². The Hall–Kier alpha value is -0.860. The topological polar surface area (TPSA) is 32.3 Å². The Morgan fingerprint density at radius 2 is 1.71 bits per heavy atom. The molecule has 1 unspecified atom stereocenters. The van der Waals surface area contributed by atoms with Gasteiger partial charge in [0.1, 0.15) is 0 Å². The summed E-state index contributed by atoms with van der Waals surface area (Å²) in [6.45, 7) is 11.9. The fourth-order valence-corrected chi connectivity index (χ4v) is 1.99. The molecule has 0 aliphatic rings. The van der Waals surface area contributed by atoms with E-state index in [4.69, 9.17) is 0 Å². The fourth-order valence-electron chi connectivity index (χ4n) is 1.99. The van der Waals surface area contributed by atoms with Gasteiger partial charge in [-0.05, 0) is 38.8 Å². The minimum atomic E-state index is -0.800. The Morgan fingerprint density at radius 3 is 2.18 bits per heavy atom. The molecule has 1 atom stereocenters. The molecule has 0 saturated heterocycles. The van der Waals surface area contributed by atoms with Crippen LogP contribution in [0.3, 0.4) is 0 Å². The molecule has 0 spiro atoms. The molecular formula is C15H25NO. The van der Waals surface area contributed by atoms with E-state index >= 15 is 0 Å². The first-order valence-electron chi connectivity index (χ1n) is 6.33. The molecule has 0 amide bonds. The standard InChI is InChI=1S/C15H25NO/c1-11(2)9-16-10-15(5,17)14-7-12(3)6-13(4)8-14/h6-8,11,16-17H,9-10H2,1-5H3. The van der Waals surface area contributed by atoms with Gasteiger partial charge in [0.25, 0.3) is 0 Å². The number of nitrogens with one attached hydrogen (secondary N) is 1. The van der Waals surface area contributed by atoms with E-state index in [0.29, 0.717) is 12.5 Å². The molecule has 96 valence electrons. The summed E-state index contributed by atoms with van der Waals surface area (Å²) in [7, 11) is 0. The molecule has 0 aromatic heterocycles. The third-order valence-electron chi connectivity index (χ3n) is 2.87. The zero-order valence-electron chi connectivity index (χ0n) is 11.7. The number of aryl methyl sites for hydroxylation is 2. The molecule has 0 radical (unpaired) electrons. The van der Waals surface area contributed by atoms with Crippen molar-refractivity contribution in [3.05, 3.63) is 34.9 Å². The first-order valence-corrected chi connectivity index (χ1v) is 6.33. The van der Waals surface area contributed by atoms with Gasteiger partial charge in [-0.15, -0.1) is 0 Å². The normalized spacial score (nSPS) is 15.0. The first kappa shape index (κ1) is 14.2. The molecule has 1 aromatic rings. The lowest BCUT2D eigenvalue weighted by Crippen LogP contribution is -2.37. The van der Waals surface area contributed by atoms with Crippen molar-refractivity contribution >= 4 is 0 Å². The van der Waals surface area contributed by atoms with E-state index in [1.165, 1.54) is 11.1 Å². The van der Waals surface area contributed by atoms with Crippen molar-refractivity contribution in [2.75, 3.05) is 13.1 Å². The molecule has 0 bridgehead atoms. The van der Waals surface area contributed by atoms with Crippen LogP contribution in [0, 0.1) is 19.8 Å². The first-order chi connectivity index (χ1) is 7.81. The lowest BCUT2D eigenvalue weighted by atomic mass is 9.93. The number of hydrogen-bond acceptors (Lipinski definition) is 2. The van der Waals surface area contributed by atoms with Crippen molar-refractivity contribution in [1.82, 2.24) is 5.32 Å². The predicted octanol–water partition coefficient (Wildman–Crippen LogP) is 2.76. The van der Waals surface area contributed by atoms with Crippen molar-refractivity contribution in [3.63, 3.8) is 0 Å². The number of rotatable bonds is 5. The highest BCUT2D eigenvalue weighted by atomic mass is 16.3. The lowest BCUT2D eigenvalue weighted by molar-refractivity contribution is 0.0563. The molecule has 0 aliphatic carbocycles. The van der Waals surface area contributed by atoms with E-state index in [9.17, 15) is 5.11 Å². The summed E-state index contributed by atoms with van der Waals surface area (Å²) in [5, 5.41) is 13.8. The van der Waals surface area contributed by atoms with Gasteiger partial charge in [0.2, 0.25) is 0 Å². The van der Waals surface area contributed by atoms with Crippen LogP contribution in [0.1, 0.15) is 37.5 Å². The van der Waals surface area contributed by atoms with Gasteiger partial charge in [0, 0.05) is 6.54 Å². The average Bonchev–Trinajstić information content (AvgIpc) is 2.14. The Balaban J connectivity index is 2.74. The maximum absolute atomic E-state index is 10.5. The second-order valence-electron chi connectivity index (χ2n) is 5.67. The zero-order chi connectivity index (χ0) is 13.1. The Labute approximate surface area is 105 Å². The Morgan fingerprint density at radius 1 is 1.18 bits per heavy atom. The second kappa shape index (κ2) is 5.65. The molecule has 0 saturated carbocycles. The van der Waals surface area contributed by atoms with Crippen molar-refractivity contribution in [3.8, 4) is 0 Å². The van der Waals surface area contributed by atoms with Crippen molar-refractivity contribution < 1.29 is 5.11 Å². The minimum absolute atomic E-state index is 0.591. The highest BCUT2D eigenvalue weighted by molar-refractivity contribution is 5.32. The summed E-state index contributed by atoms with van der Waals surface area (Å²) in [6.07, 6.45) is 0. The van der Waals surface area contributed by atoms with Crippen molar-refractivity contribution in [2.45, 2.75) is 40.2 Å². The highest BCUT2D eigenvalue weighted by Gasteiger charge is 2.22. The Bertz CT molecular complexity index is 349. The fraction of sp³-hybridized carbons (Fsp3) is 0.600. The molecule has 1 rings (SSSR count). The minimum Gasteiger partial charge on any atom is -0.384 e. The van der Waals surface area contributed by atoms with Crippen LogP contribution in [0.4, 0.5) is 0 Å². The van der Waals surface area contributed by atoms with Gasteiger partial charge in [-0.25, -0.2) is 0 Å². The van der Waals surface area contributed by atoms with E-state index in [-0.39, 0.29) is 0 Å². The van der Waals surface area contributed by atoms with Crippen LogP contribution in [-0.2, 0) is 5.60 Å². The quantitative estimate of drug-likeness (QED) is 0.822. The van der Waals surface area contributed by atoms with E-state index < -0.39 is 5.60 Å². The van der Waals surface area contributed by atoms with Gasteiger partial charge in [-0.2, -0.15) is 0 Å². The summed E-state index contributed by atoms with van der Waals surface area (Å²) in [4.78, 5) is 0. The van der Waals surface area contributed by atoms with Crippen molar-refractivity contribution in [2.24, 2.45) is 5.92 Å². The maximum atomic E-state index is 10.5. The SMILES string of the molecule is Cc1cc(C)cc(C(C)(O)CNCC(C)C)c1. The summed E-state index contributed by atoms with van der Waals surface area (Å²) in [6, 6.07) is 6.25. The van der Waals surface area contributed by atoms with Crippen LogP contribution in [0.5, 0.6) is 0 Å². The largest absolute Gasteiger partial charge is 0.384 e. The molecule has 2 N–H and O–H groups in total. The zero-order valence-corrected chi connectivity index (χ0v) is 11.7. The summed E-state index contributed by atoms with van der Waals surface area (Å²) < 4.78 is 0. The van der Waals surface area contributed by atoms with Crippen LogP contribution in [0.2, 0.25) is 0 Å². The van der Waals surface area contributed by atoms with Crippen LogP contribution in [0.25, 0.3) is 0 Å². The summed E-state index contributed by atoms with van der Waals surface area (Å²) in [5.41, 5.74) is 2.59. The summed E-state index contributed by atoms with van der Waals surface area (Å²) >= 11 is 0. The van der Waals surface area contributed by atoms with Gasteiger partial charge >= 0.3 is 0 Å². The van der Waals surface area contributed by atoms with Gasteiger partial charge in [-0.3, -0.25) is 0 Å². The smallest absolute Gasteiger partial charge is 0.0992 e. The molecule has 2 heteroatoms. The summed E-state index contributed by atoms with van der Waals surface area (Å²) in [5.74, 6) is 0.602. The second-order valence-corrected chi connectivity index (χ2v) is 5.67. The number of hydrogen-bond donors (Lipinski definition) is 2. The van der Waals surface area contributed by atoms with Crippen LogP contribution in [0.15, 0.2) is 18.2 Å². The van der Waals surface area contributed by atoms with Crippen LogP contribution >= 0.6 is 0 Å². The van der Waals surface area contributed by atoms with Gasteiger partial charge in [-0.1, -0.05) is 43.2 Å². The van der Waals surface area contributed by atoms with Gasteiger partial charge < -0.3 is 10.4 Å². The average molecular weight is 235 g/mol.